The average molecular weight is 335 g/mol. The van der Waals surface area contributed by atoms with Crippen molar-refractivity contribution in [2.45, 2.75) is 50.5 Å². The van der Waals surface area contributed by atoms with Crippen LogP contribution in [0.5, 0.6) is 0 Å². The zero-order valence-corrected chi connectivity index (χ0v) is 14.1. The number of nitrogens with one attached hydrogen (secondary N) is 2. The van der Waals surface area contributed by atoms with Crippen molar-refractivity contribution in [3.8, 4) is 0 Å². The highest BCUT2D eigenvalue weighted by molar-refractivity contribution is 5.74. The molecule has 2 heterocycles. The zero-order valence-electron chi connectivity index (χ0n) is 14.1. The number of rotatable bonds is 5. The number of aromatic nitrogens is 2. The molecule has 0 saturated carbocycles. The first-order valence-corrected chi connectivity index (χ1v) is 8.68. The first kappa shape index (κ1) is 17.0. The predicted molar refractivity (Wildman–Crippen MR) is 90.2 cm³/mol. The molecule has 3 rings (SSSR count). The Labute approximate surface area is 142 Å². The van der Waals surface area contributed by atoms with Crippen molar-refractivity contribution >= 4 is 6.03 Å². The Kier molecular flexibility index (Phi) is 5.50. The maximum Gasteiger partial charge on any atom is 0.315 e. The van der Waals surface area contributed by atoms with Gasteiger partial charge in [0.2, 0.25) is 0 Å². The van der Waals surface area contributed by atoms with Gasteiger partial charge in [0.15, 0.2) is 0 Å². The number of carbonyl (C=O) groups excluding carboxylic acids is 1. The van der Waals surface area contributed by atoms with Gasteiger partial charge in [-0.15, -0.1) is 0 Å². The van der Waals surface area contributed by atoms with Crippen LogP contribution in [0.25, 0.3) is 0 Å². The summed E-state index contributed by atoms with van der Waals surface area (Å²) < 4.78 is 15.7. The molecule has 2 aliphatic rings. The van der Waals surface area contributed by atoms with Gasteiger partial charge in [-0.1, -0.05) is 12.2 Å². The second-order valence-electron chi connectivity index (χ2n) is 6.68. The largest absolute Gasteiger partial charge is 0.337 e. The number of hydrogen-bond donors (Lipinski definition) is 2. The van der Waals surface area contributed by atoms with Gasteiger partial charge < -0.3 is 10.6 Å². The smallest absolute Gasteiger partial charge is 0.315 e. The summed E-state index contributed by atoms with van der Waals surface area (Å²) in [6, 6.07) is 1.90. The van der Waals surface area contributed by atoms with E-state index < -0.39 is 6.17 Å². The topological polar surface area (TPSA) is 62.2 Å². The fourth-order valence-corrected chi connectivity index (χ4v) is 3.46. The van der Waals surface area contributed by atoms with E-state index in [1.165, 1.54) is 0 Å². The maximum absolute atomic E-state index is 13.8. The zero-order chi connectivity index (χ0) is 16.9. The molecule has 7 heteroatoms. The monoisotopic (exact) mass is 335 g/mol. The standard InChI is InChI=1S/C17H26FN5O/c1-22-15(7-8-20-22)12-23-11-13(18)9-16(23)10-19-17(24)21-14-5-3-2-4-6-14/h3,5,7-8,13-14,16H,2,4,6,9-12H2,1H3,(H2,19,21,24)/t13-,14+,16-/m0/s1. The van der Waals surface area contributed by atoms with Crippen molar-refractivity contribution in [2.75, 3.05) is 13.1 Å². The van der Waals surface area contributed by atoms with E-state index in [1.54, 1.807) is 10.9 Å². The first-order valence-electron chi connectivity index (χ1n) is 8.68. The third-order valence-corrected chi connectivity index (χ3v) is 4.83. The molecular formula is C17H26FN5O. The molecule has 3 atom stereocenters. The van der Waals surface area contributed by atoms with Crippen molar-refractivity contribution in [2.24, 2.45) is 7.05 Å². The third kappa shape index (κ3) is 4.35. The summed E-state index contributed by atoms with van der Waals surface area (Å²) in [7, 11) is 1.89. The van der Waals surface area contributed by atoms with Gasteiger partial charge in [0, 0.05) is 45.0 Å². The summed E-state index contributed by atoms with van der Waals surface area (Å²) in [5.41, 5.74) is 1.05. The van der Waals surface area contributed by atoms with Gasteiger partial charge in [0.1, 0.15) is 6.17 Å². The van der Waals surface area contributed by atoms with Crippen molar-refractivity contribution < 1.29 is 9.18 Å². The Morgan fingerprint density at radius 3 is 3.08 bits per heavy atom. The highest BCUT2D eigenvalue weighted by Crippen LogP contribution is 2.22. The minimum Gasteiger partial charge on any atom is -0.337 e. The minimum atomic E-state index is -0.839. The van der Waals surface area contributed by atoms with Gasteiger partial charge in [0.25, 0.3) is 0 Å². The Bertz CT molecular complexity index is 587. The molecule has 0 spiro atoms. The van der Waals surface area contributed by atoms with Gasteiger partial charge >= 0.3 is 6.03 Å². The van der Waals surface area contributed by atoms with Crippen molar-refractivity contribution in [1.29, 1.82) is 0 Å². The molecule has 1 fully saturated rings. The number of likely N-dealkylation sites (tertiary alicyclic amines) is 1. The summed E-state index contributed by atoms with van der Waals surface area (Å²) in [5.74, 6) is 0. The van der Waals surface area contributed by atoms with Crippen LogP contribution in [0.2, 0.25) is 0 Å². The van der Waals surface area contributed by atoms with E-state index in [4.69, 9.17) is 0 Å². The van der Waals surface area contributed by atoms with Crippen LogP contribution in [0.3, 0.4) is 0 Å². The van der Waals surface area contributed by atoms with Crippen molar-refractivity contribution in [3.63, 3.8) is 0 Å². The Morgan fingerprint density at radius 1 is 1.50 bits per heavy atom. The first-order chi connectivity index (χ1) is 11.6. The molecule has 6 nitrogen and oxygen atoms in total. The summed E-state index contributed by atoms with van der Waals surface area (Å²) in [4.78, 5) is 14.1. The Balaban J connectivity index is 1.49. The summed E-state index contributed by atoms with van der Waals surface area (Å²) >= 11 is 0. The van der Waals surface area contributed by atoms with Crippen molar-refractivity contribution in [3.05, 3.63) is 30.1 Å². The second-order valence-corrected chi connectivity index (χ2v) is 6.68. The van der Waals surface area contributed by atoms with Crippen LogP contribution in [0.1, 0.15) is 31.4 Å². The lowest BCUT2D eigenvalue weighted by Crippen LogP contribution is -2.46. The Morgan fingerprint density at radius 2 is 2.38 bits per heavy atom. The number of urea groups is 1. The molecule has 1 aliphatic heterocycles. The van der Waals surface area contributed by atoms with Crippen LogP contribution in [0.15, 0.2) is 24.4 Å². The lowest BCUT2D eigenvalue weighted by molar-refractivity contribution is 0.214. The molecule has 2 amide bonds. The molecule has 0 radical (unpaired) electrons. The molecule has 2 N–H and O–H groups in total. The van der Waals surface area contributed by atoms with Crippen LogP contribution in [0.4, 0.5) is 9.18 Å². The molecule has 24 heavy (non-hydrogen) atoms. The van der Waals surface area contributed by atoms with Gasteiger partial charge in [-0.05, 0) is 31.7 Å². The second kappa shape index (κ2) is 7.79. The Hall–Kier alpha value is -1.89. The van der Waals surface area contributed by atoms with E-state index in [0.717, 1.165) is 25.0 Å². The maximum atomic E-state index is 13.8. The molecule has 1 aliphatic carbocycles. The minimum absolute atomic E-state index is 0.0162. The lowest BCUT2D eigenvalue weighted by atomic mass is 10.0. The number of allylic oxidation sites excluding steroid dienone is 1. The number of nitrogens with zero attached hydrogens (tertiary/aromatic N) is 3. The van der Waals surface area contributed by atoms with Crippen LogP contribution < -0.4 is 10.6 Å². The van der Waals surface area contributed by atoms with Crippen LogP contribution >= 0.6 is 0 Å². The number of alkyl halides is 1. The summed E-state index contributed by atoms with van der Waals surface area (Å²) in [5, 5.41) is 10.0. The van der Waals surface area contributed by atoms with Gasteiger partial charge in [-0.2, -0.15) is 5.10 Å². The van der Waals surface area contributed by atoms with E-state index in [2.05, 4.69) is 26.7 Å². The summed E-state index contributed by atoms with van der Waals surface area (Å²) in [6.07, 6.45) is 8.69. The number of aryl methyl sites for hydroxylation is 1. The predicted octanol–water partition coefficient (Wildman–Crippen LogP) is 1.74. The van der Waals surface area contributed by atoms with Crippen LogP contribution in [-0.4, -0.2) is 52.1 Å². The molecule has 0 unspecified atom stereocenters. The molecule has 0 bridgehead atoms. The molecule has 132 valence electrons. The third-order valence-electron chi connectivity index (χ3n) is 4.83. The highest BCUT2D eigenvalue weighted by Gasteiger charge is 2.32. The van der Waals surface area contributed by atoms with Gasteiger partial charge in [-0.3, -0.25) is 9.58 Å². The number of carbonyl (C=O) groups is 1. The molecular weight excluding hydrogens is 309 g/mol. The molecule has 1 aromatic heterocycles. The number of halogens is 1. The van der Waals surface area contributed by atoms with Gasteiger partial charge in [0.05, 0.1) is 5.69 Å². The molecule has 1 aromatic rings. The van der Waals surface area contributed by atoms with E-state index in [9.17, 15) is 9.18 Å². The van der Waals surface area contributed by atoms with Crippen molar-refractivity contribution in [1.82, 2.24) is 25.3 Å². The lowest BCUT2D eigenvalue weighted by Gasteiger charge is -2.25. The normalized spacial score (nSPS) is 27.3. The molecule has 1 saturated heterocycles. The number of hydrogen-bond acceptors (Lipinski definition) is 3. The summed E-state index contributed by atoms with van der Waals surface area (Å²) in [6.45, 7) is 1.52. The van der Waals surface area contributed by atoms with E-state index in [1.807, 2.05) is 19.2 Å². The fraction of sp³-hybridized carbons (Fsp3) is 0.647. The van der Waals surface area contributed by atoms with E-state index in [0.29, 0.717) is 26.1 Å². The van der Waals surface area contributed by atoms with E-state index in [-0.39, 0.29) is 18.1 Å². The molecule has 0 aromatic carbocycles. The van der Waals surface area contributed by atoms with Crippen LogP contribution in [-0.2, 0) is 13.6 Å². The number of amides is 2. The van der Waals surface area contributed by atoms with Gasteiger partial charge in [-0.25, -0.2) is 9.18 Å². The SMILES string of the molecule is Cn1nccc1CN1C[C@@H](F)C[C@H]1CNC(=O)N[C@@H]1C=CCCC1. The van der Waals surface area contributed by atoms with Crippen LogP contribution in [0, 0.1) is 0 Å². The highest BCUT2D eigenvalue weighted by atomic mass is 19.1. The van der Waals surface area contributed by atoms with E-state index >= 15 is 0 Å². The average Bonchev–Trinajstić information content (AvgIpc) is 3.12. The fourth-order valence-electron chi connectivity index (χ4n) is 3.46. The quantitative estimate of drug-likeness (QED) is 0.806.